The molecule has 130 valence electrons. The minimum atomic E-state index is -0.918. The van der Waals surface area contributed by atoms with Gasteiger partial charge in [-0.25, -0.2) is 19.2 Å². The van der Waals surface area contributed by atoms with Gasteiger partial charge in [0.05, 0.1) is 5.39 Å². The van der Waals surface area contributed by atoms with Gasteiger partial charge >= 0.3 is 5.97 Å². The highest BCUT2D eigenvalue weighted by molar-refractivity contribution is 7.17. The number of aromatic nitrogens is 2. The van der Waals surface area contributed by atoms with Crippen molar-refractivity contribution in [3.8, 4) is 11.1 Å². The number of nitrogens with one attached hydrogen (secondary N) is 1. The van der Waals surface area contributed by atoms with Crippen LogP contribution in [0.5, 0.6) is 0 Å². The molecule has 1 atom stereocenters. The van der Waals surface area contributed by atoms with E-state index in [1.54, 1.807) is 12.1 Å². The smallest absolute Gasteiger partial charge is 0.326 e. The first kappa shape index (κ1) is 17.3. The summed E-state index contributed by atoms with van der Waals surface area (Å²) in [6.45, 7) is 3.95. The number of halogens is 1. The molecule has 0 spiro atoms. The molecule has 25 heavy (non-hydrogen) atoms. The first-order valence-electron chi connectivity index (χ1n) is 7.93. The summed E-state index contributed by atoms with van der Waals surface area (Å²) in [7, 11) is 0. The third kappa shape index (κ3) is 3.76. The third-order valence-electron chi connectivity index (χ3n) is 3.84. The van der Waals surface area contributed by atoms with Crippen molar-refractivity contribution in [2.45, 2.75) is 26.3 Å². The molecule has 2 heterocycles. The molecule has 1 aromatic carbocycles. The van der Waals surface area contributed by atoms with Crippen LogP contribution in [0, 0.1) is 11.7 Å². The van der Waals surface area contributed by atoms with Crippen molar-refractivity contribution in [2.75, 3.05) is 5.32 Å². The van der Waals surface area contributed by atoms with Crippen LogP contribution in [0.1, 0.15) is 20.3 Å². The number of nitrogens with zero attached hydrogens (tertiary/aromatic N) is 2. The molecule has 2 N–H and O–H groups in total. The first-order chi connectivity index (χ1) is 12.0. The number of carboxylic acid groups (broad SMARTS) is 1. The fourth-order valence-electron chi connectivity index (χ4n) is 2.68. The molecule has 0 saturated heterocycles. The summed E-state index contributed by atoms with van der Waals surface area (Å²) in [5.41, 5.74) is 1.69. The lowest BCUT2D eigenvalue weighted by Crippen LogP contribution is -2.31. The molecular formula is C18H18FN3O2S. The number of hydrogen-bond donors (Lipinski definition) is 2. The second-order valence-electron chi connectivity index (χ2n) is 6.22. The second-order valence-corrected chi connectivity index (χ2v) is 7.08. The Morgan fingerprint density at radius 1 is 1.28 bits per heavy atom. The predicted octanol–water partition coefficient (Wildman–Crippen LogP) is 4.41. The SMILES string of the molecule is CC(C)CC(Nc1ncnc2scc(-c3ccc(F)cc3)c12)C(=O)O. The number of fused-ring (bicyclic) bond motifs is 1. The summed E-state index contributed by atoms with van der Waals surface area (Å²) < 4.78 is 13.2. The van der Waals surface area contributed by atoms with E-state index in [1.807, 2.05) is 19.2 Å². The molecule has 0 saturated carbocycles. The van der Waals surface area contributed by atoms with E-state index in [0.29, 0.717) is 12.2 Å². The van der Waals surface area contributed by atoms with E-state index in [4.69, 9.17) is 0 Å². The summed E-state index contributed by atoms with van der Waals surface area (Å²) in [6, 6.07) is 5.44. The molecule has 0 aliphatic heterocycles. The Bertz CT molecular complexity index is 893. The Kier molecular flexibility index (Phi) is 4.94. The van der Waals surface area contributed by atoms with Gasteiger partial charge in [0.2, 0.25) is 0 Å². The van der Waals surface area contributed by atoms with Crippen molar-refractivity contribution in [2.24, 2.45) is 5.92 Å². The zero-order valence-electron chi connectivity index (χ0n) is 13.9. The van der Waals surface area contributed by atoms with Gasteiger partial charge in [-0.3, -0.25) is 0 Å². The number of carboxylic acids is 1. The topological polar surface area (TPSA) is 75.1 Å². The summed E-state index contributed by atoms with van der Waals surface area (Å²) in [5, 5.41) is 15.2. The Balaban J connectivity index is 2.05. The largest absolute Gasteiger partial charge is 0.480 e. The molecule has 0 fully saturated rings. The number of thiophene rings is 1. The molecule has 3 rings (SSSR count). The summed E-state index contributed by atoms with van der Waals surface area (Å²) >= 11 is 1.44. The maximum absolute atomic E-state index is 13.2. The number of anilines is 1. The van der Waals surface area contributed by atoms with Crippen LogP contribution in [0.15, 0.2) is 36.0 Å². The van der Waals surface area contributed by atoms with E-state index in [1.165, 1.54) is 29.8 Å². The minimum absolute atomic E-state index is 0.227. The molecule has 3 aromatic rings. The normalized spacial score (nSPS) is 12.5. The van der Waals surface area contributed by atoms with Crippen LogP contribution in [-0.2, 0) is 4.79 Å². The van der Waals surface area contributed by atoms with Gasteiger partial charge in [0.15, 0.2) is 0 Å². The second kappa shape index (κ2) is 7.14. The Labute approximate surface area is 148 Å². The number of aliphatic carboxylic acids is 1. The van der Waals surface area contributed by atoms with Crippen molar-refractivity contribution in [3.05, 3.63) is 41.8 Å². The van der Waals surface area contributed by atoms with Crippen LogP contribution in [0.4, 0.5) is 10.2 Å². The van der Waals surface area contributed by atoms with Gasteiger partial charge in [0, 0.05) is 10.9 Å². The molecule has 0 bridgehead atoms. The van der Waals surface area contributed by atoms with Crippen molar-refractivity contribution >= 4 is 33.3 Å². The first-order valence-corrected chi connectivity index (χ1v) is 8.81. The lowest BCUT2D eigenvalue weighted by Gasteiger charge is -2.17. The number of hydrogen-bond acceptors (Lipinski definition) is 5. The number of benzene rings is 1. The molecule has 1 unspecified atom stereocenters. The fourth-order valence-corrected chi connectivity index (χ4v) is 3.60. The predicted molar refractivity (Wildman–Crippen MR) is 97.3 cm³/mol. The highest BCUT2D eigenvalue weighted by atomic mass is 32.1. The van der Waals surface area contributed by atoms with Crippen LogP contribution in [-0.4, -0.2) is 27.1 Å². The van der Waals surface area contributed by atoms with Gasteiger partial charge < -0.3 is 10.4 Å². The van der Waals surface area contributed by atoms with Gasteiger partial charge in [-0.1, -0.05) is 26.0 Å². The Hall–Kier alpha value is -2.54. The maximum atomic E-state index is 13.2. The Morgan fingerprint density at radius 2 is 2.00 bits per heavy atom. The molecule has 0 aliphatic carbocycles. The van der Waals surface area contributed by atoms with E-state index in [-0.39, 0.29) is 11.7 Å². The van der Waals surface area contributed by atoms with Crippen molar-refractivity contribution in [1.29, 1.82) is 0 Å². The van der Waals surface area contributed by atoms with Crippen molar-refractivity contribution < 1.29 is 14.3 Å². The summed E-state index contributed by atoms with van der Waals surface area (Å²) in [5.74, 6) is -0.511. The lowest BCUT2D eigenvalue weighted by atomic mass is 10.0. The van der Waals surface area contributed by atoms with Crippen LogP contribution < -0.4 is 5.32 Å². The van der Waals surface area contributed by atoms with Crippen molar-refractivity contribution in [3.63, 3.8) is 0 Å². The highest BCUT2D eigenvalue weighted by Crippen LogP contribution is 2.36. The summed E-state index contributed by atoms with van der Waals surface area (Å²) in [6.07, 6.45) is 1.90. The molecule has 0 aliphatic rings. The summed E-state index contributed by atoms with van der Waals surface area (Å²) in [4.78, 5) is 20.8. The quantitative estimate of drug-likeness (QED) is 0.682. The standard InChI is InChI=1S/C18H18FN3O2S/c1-10(2)7-14(18(23)24)22-16-15-13(8-25-17(15)21-9-20-16)11-3-5-12(19)6-4-11/h3-6,8-10,14H,7H2,1-2H3,(H,23,24)(H,20,21,22). The van der Waals surface area contributed by atoms with E-state index < -0.39 is 12.0 Å². The van der Waals surface area contributed by atoms with Crippen LogP contribution in [0.25, 0.3) is 21.3 Å². The number of rotatable bonds is 6. The zero-order chi connectivity index (χ0) is 18.0. The number of carbonyl (C=O) groups is 1. The molecule has 5 nitrogen and oxygen atoms in total. The van der Waals surface area contributed by atoms with Crippen LogP contribution in [0.3, 0.4) is 0 Å². The molecule has 7 heteroatoms. The Morgan fingerprint density at radius 3 is 2.64 bits per heavy atom. The molecular weight excluding hydrogens is 341 g/mol. The van der Waals surface area contributed by atoms with Gasteiger partial charge in [0.1, 0.15) is 28.8 Å². The average Bonchev–Trinajstić information content (AvgIpc) is 2.99. The van der Waals surface area contributed by atoms with Crippen molar-refractivity contribution in [1.82, 2.24) is 9.97 Å². The zero-order valence-corrected chi connectivity index (χ0v) is 14.7. The maximum Gasteiger partial charge on any atom is 0.326 e. The monoisotopic (exact) mass is 359 g/mol. The van der Waals surface area contributed by atoms with Crippen LogP contribution >= 0.6 is 11.3 Å². The van der Waals surface area contributed by atoms with Gasteiger partial charge in [-0.15, -0.1) is 11.3 Å². The molecule has 2 aromatic heterocycles. The molecule has 0 amide bonds. The molecule has 0 radical (unpaired) electrons. The van der Waals surface area contributed by atoms with E-state index in [0.717, 1.165) is 21.3 Å². The van der Waals surface area contributed by atoms with Gasteiger partial charge in [-0.05, 0) is 30.0 Å². The highest BCUT2D eigenvalue weighted by Gasteiger charge is 2.22. The fraction of sp³-hybridized carbons (Fsp3) is 0.278. The third-order valence-corrected chi connectivity index (χ3v) is 4.73. The van der Waals surface area contributed by atoms with E-state index >= 15 is 0 Å². The average molecular weight is 359 g/mol. The van der Waals surface area contributed by atoms with Crippen LogP contribution in [0.2, 0.25) is 0 Å². The van der Waals surface area contributed by atoms with E-state index in [2.05, 4.69) is 15.3 Å². The lowest BCUT2D eigenvalue weighted by molar-refractivity contribution is -0.138. The van der Waals surface area contributed by atoms with E-state index in [9.17, 15) is 14.3 Å². The van der Waals surface area contributed by atoms with Gasteiger partial charge in [0.25, 0.3) is 0 Å². The minimum Gasteiger partial charge on any atom is -0.480 e. The van der Waals surface area contributed by atoms with Gasteiger partial charge in [-0.2, -0.15) is 0 Å².